The lowest BCUT2D eigenvalue weighted by Gasteiger charge is -2.42. The normalized spacial score (nSPS) is 24.1. The summed E-state index contributed by atoms with van der Waals surface area (Å²) in [5, 5.41) is 3.40. The lowest BCUT2D eigenvalue weighted by atomic mass is 9.78. The van der Waals surface area contributed by atoms with Gasteiger partial charge in [0.2, 0.25) is 0 Å². The van der Waals surface area contributed by atoms with Gasteiger partial charge in [0.1, 0.15) is 0 Å². The van der Waals surface area contributed by atoms with Crippen LogP contribution in [-0.4, -0.2) is 52.3 Å². The molecule has 0 amide bonds. The van der Waals surface area contributed by atoms with E-state index >= 15 is 0 Å². The Morgan fingerprint density at radius 3 is 2.57 bits per heavy atom. The van der Waals surface area contributed by atoms with Gasteiger partial charge in [0.25, 0.3) is 0 Å². The molecule has 0 aromatic carbocycles. The van der Waals surface area contributed by atoms with Crippen LogP contribution in [-0.2, 0) is 10.8 Å². The summed E-state index contributed by atoms with van der Waals surface area (Å²) in [6.07, 6.45) is 5.04. The predicted molar refractivity (Wildman–Crippen MR) is 113 cm³/mol. The van der Waals surface area contributed by atoms with E-state index in [4.69, 9.17) is 0 Å². The molecule has 0 aliphatic carbocycles. The third-order valence-corrected chi connectivity index (χ3v) is 6.34. The van der Waals surface area contributed by atoms with Gasteiger partial charge in [-0.1, -0.05) is 20.3 Å². The molecule has 0 aromatic rings. The second-order valence-corrected chi connectivity index (χ2v) is 10.0. The molecule has 1 aliphatic heterocycles. The maximum absolute atomic E-state index is 12.1. The zero-order chi connectivity index (χ0) is 16.8. The van der Waals surface area contributed by atoms with Crippen molar-refractivity contribution >= 4 is 40.7 Å². The van der Waals surface area contributed by atoms with Crippen LogP contribution in [0.1, 0.15) is 60.3 Å². The second-order valence-electron chi connectivity index (χ2n) is 7.72. The van der Waals surface area contributed by atoms with Crippen molar-refractivity contribution in [1.29, 1.82) is 0 Å². The molecule has 4 nitrogen and oxygen atoms in total. The van der Waals surface area contributed by atoms with Gasteiger partial charge in [0.05, 0.1) is 0 Å². The number of guanidine groups is 1. The second kappa shape index (κ2) is 10.2. The van der Waals surface area contributed by atoms with E-state index < -0.39 is 10.8 Å². The van der Waals surface area contributed by atoms with Crippen LogP contribution >= 0.6 is 24.0 Å². The van der Waals surface area contributed by atoms with Gasteiger partial charge in [0, 0.05) is 48.0 Å². The molecule has 1 N–H and O–H groups in total. The first-order valence-corrected chi connectivity index (χ1v) is 9.88. The molecule has 1 fully saturated rings. The van der Waals surface area contributed by atoms with Gasteiger partial charge >= 0.3 is 0 Å². The Morgan fingerprint density at radius 2 is 2.04 bits per heavy atom. The summed E-state index contributed by atoms with van der Waals surface area (Å²) in [7, 11) is 1.03. The van der Waals surface area contributed by atoms with Gasteiger partial charge < -0.3 is 10.2 Å². The van der Waals surface area contributed by atoms with Gasteiger partial charge in [0.15, 0.2) is 5.96 Å². The smallest absolute Gasteiger partial charge is 0.193 e. The summed E-state index contributed by atoms with van der Waals surface area (Å²) >= 11 is 0. The first kappa shape index (κ1) is 23.1. The van der Waals surface area contributed by atoms with Crippen molar-refractivity contribution in [1.82, 2.24) is 10.2 Å². The molecule has 0 saturated carbocycles. The van der Waals surface area contributed by atoms with Crippen molar-refractivity contribution in [3.05, 3.63) is 0 Å². The average molecular weight is 457 g/mol. The maximum Gasteiger partial charge on any atom is 0.193 e. The number of aliphatic imine (C=N–C) groups is 1. The standard InChI is InChI=1S/C17H35N3OS.HI/c1-7-9-17(5)10-8-12-20(14-17)15(18-6)19-11-13-22(21)16(2,3)4;/h7-14H2,1-6H3,(H,18,19);1H. The Hall–Kier alpha value is 0.150. The molecule has 0 aromatic heterocycles. The third-order valence-electron chi connectivity index (χ3n) is 4.40. The number of nitrogens with zero attached hydrogens (tertiary/aromatic N) is 2. The minimum Gasteiger partial charge on any atom is -0.355 e. The van der Waals surface area contributed by atoms with E-state index in [9.17, 15) is 4.21 Å². The Bertz CT molecular complexity index is 405. The number of hydrogen-bond acceptors (Lipinski definition) is 2. The largest absolute Gasteiger partial charge is 0.355 e. The highest BCUT2D eigenvalue weighted by molar-refractivity contribution is 14.0. The van der Waals surface area contributed by atoms with E-state index in [1.807, 2.05) is 27.8 Å². The number of likely N-dealkylation sites (tertiary alicyclic amines) is 1. The number of piperidine rings is 1. The number of nitrogens with one attached hydrogen (secondary N) is 1. The van der Waals surface area contributed by atoms with Crippen molar-refractivity contribution in [3.63, 3.8) is 0 Å². The molecular formula is C17H36IN3OS. The fourth-order valence-electron chi connectivity index (χ4n) is 3.20. The van der Waals surface area contributed by atoms with E-state index in [1.165, 1.54) is 25.7 Å². The monoisotopic (exact) mass is 457 g/mol. The van der Waals surface area contributed by atoms with Crippen molar-refractivity contribution in [2.24, 2.45) is 10.4 Å². The summed E-state index contributed by atoms with van der Waals surface area (Å²) in [4.78, 5) is 6.80. The maximum atomic E-state index is 12.1. The van der Waals surface area contributed by atoms with Gasteiger partial charge in [-0.3, -0.25) is 9.20 Å². The van der Waals surface area contributed by atoms with Crippen LogP contribution in [0.3, 0.4) is 0 Å². The quantitative estimate of drug-likeness (QED) is 0.390. The van der Waals surface area contributed by atoms with Gasteiger partial charge in [-0.05, 0) is 45.4 Å². The zero-order valence-corrected chi connectivity index (χ0v) is 18.9. The molecule has 2 unspecified atom stereocenters. The SMILES string of the molecule is CCCC1(C)CCCN(C(=NC)NCCS(=O)C(C)(C)C)C1.I. The van der Waals surface area contributed by atoms with Crippen LogP contribution in [0.15, 0.2) is 4.99 Å². The lowest BCUT2D eigenvalue weighted by molar-refractivity contribution is 0.143. The summed E-state index contributed by atoms with van der Waals surface area (Å²) < 4.78 is 12.0. The van der Waals surface area contributed by atoms with Gasteiger partial charge in [-0.25, -0.2) is 0 Å². The Morgan fingerprint density at radius 1 is 1.39 bits per heavy atom. The molecule has 23 heavy (non-hydrogen) atoms. The average Bonchev–Trinajstić information content (AvgIpc) is 2.42. The molecule has 0 radical (unpaired) electrons. The molecule has 2 atom stereocenters. The first-order chi connectivity index (χ1) is 10.2. The summed E-state index contributed by atoms with van der Waals surface area (Å²) in [5.41, 5.74) is 0.402. The molecule has 6 heteroatoms. The van der Waals surface area contributed by atoms with Crippen LogP contribution < -0.4 is 5.32 Å². The molecule has 0 bridgehead atoms. The van der Waals surface area contributed by atoms with Crippen molar-refractivity contribution in [3.8, 4) is 0 Å². The fourth-order valence-corrected chi connectivity index (χ4v) is 4.10. The number of rotatable bonds is 5. The molecule has 0 spiro atoms. The third kappa shape index (κ3) is 7.71. The summed E-state index contributed by atoms with van der Waals surface area (Å²) in [6, 6.07) is 0. The van der Waals surface area contributed by atoms with Crippen LogP contribution in [0, 0.1) is 5.41 Å². The molecule has 1 aliphatic rings. The fraction of sp³-hybridized carbons (Fsp3) is 0.941. The van der Waals surface area contributed by atoms with Crippen molar-refractivity contribution < 1.29 is 4.21 Å². The lowest BCUT2D eigenvalue weighted by Crippen LogP contribution is -2.50. The summed E-state index contributed by atoms with van der Waals surface area (Å²) in [6.45, 7) is 13.6. The Balaban J connectivity index is 0.00000484. The van der Waals surface area contributed by atoms with Crippen LogP contribution in [0.25, 0.3) is 0 Å². The Labute approximate surface area is 162 Å². The Kier molecular flexibility index (Phi) is 10.3. The van der Waals surface area contributed by atoms with Crippen molar-refractivity contribution in [2.75, 3.05) is 32.4 Å². The van der Waals surface area contributed by atoms with E-state index in [0.717, 1.165) is 25.6 Å². The highest BCUT2D eigenvalue weighted by atomic mass is 127. The van der Waals surface area contributed by atoms with Crippen LogP contribution in [0.5, 0.6) is 0 Å². The van der Waals surface area contributed by atoms with E-state index in [2.05, 4.69) is 29.1 Å². The van der Waals surface area contributed by atoms with Crippen LogP contribution in [0.2, 0.25) is 0 Å². The number of halogens is 1. The number of hydrogen-bond donors (Lipinski definition) is 1. The minimum atomic E-state index is -0.815. The highest BCUT2D eigenvalue weighted by Crippen LogP contribution is 2.33. The molecule has 1 rings (SSSR count). The highest BCUT2D eigenvalue weighted by Gasteiger charge is 2.31. The first-order valence-electron chi connectivity index (χ1n) is 8.56. The molecule has 1 heterocycles. The molecule has 1 saturated heterocycles. The van der Waals surface area contributed by atoms with E-state index in [1.54, 1.807) is 0 Å². The van der Waals surface area contributed by atoms with E-state index in [0.29, 0.717) is 11.2 Å². The van der Waals surface area contributed by atoms with E-state index in [-0.39, 0.29) is 28.7 Å². The molecular weight excluding hydrogens is 421 g/mol. The van der Waals surface area contributed by atoms with Crippen LogP contribution in [0.4, 0.5) is 0 Å². The van der Waals surface area contributed by atoms with Gasteiger partial charge in [-0.15, -0.1) is 24.0 Å². The summed E-state index contributed by atoms with van der Waals surface area (Å²) in [5.74, 6) is 1.63. The zero-order valence-electron chi connectivity index (χ0n) is 15.8. The predicted octanol–water partition coefficient (Wildman–Crippen LogP) is 3.63. The topological polar surface area (TPSA) is 44.7 Å². The minimum absolute atomic E-state index is 0. The van der Waals surface area contributed by atoms with Crippen molar-refractivity contribution in [2.45, 2.75) is 65.0 Å². The molecule has 138 valence electrons. The van der Waals surface area contributed by atoms with Gasteiger partial charge in [-0.2, -0.15) is 0 Å².